The van der Waals surface area contributed by atoms with Crippen LogP contribution in [0.2, 0.25) is 63.5 Å². The Bertz CT molecular complexity index is 4110. The zero-order chi connectivity index (χ0) is 67.7. The maximum Gasteiger partial charge on any atom is 0.247 e. The number of imidazole rings is 2. The molecule has 4 aromatic heterocycles. The lowest BCUT2D eigenvalue weighted by atomic mass is 9.89. The van der Waals surface area contributed by atoms with Crippen LogP contribution >= 0.6 is 0 Å². The Balaban J connectivity index is 0.000000164. The Morgan fingerprint density at radius 1 is 0.531 bits per heavy atom. The van der Waals surface area contributed by atoms with Gasteiger partial charge in [0, 0.05) is 11.8 Å². The first-order valence-electron chi connectivity index (χ1n) is 32.8. The van der Waals surface area contributed by atoms with Gasteiger partial charge in [0.15, 0.2) is 33.4 Å². The molecule has 13 rings (SSSR count). The molecule has 504 valence electrons. The minimum absolute atomic E-state index is 0.0331. The van der Waals surface area contributed by atoms with E-state index in [0.717, 1.165) is 23.1 Å². The van der Waals surface area contributed by atoms with Crippen molar-refractivity contribution in [1.29, 1.82) is 0 Å². The molecule has 0 bridgehead atoms. The number of hydrogen-bond donors (Lipinski definition) is 6. The number of H-pyrrole nitrogens is 1. The highest BCUT2D eigenvalue weighted by Crippen LogP contribution is 2.62. The predicted molar refractivity (Wildman–Crippen MR) is 383 cm³/mol. The highest BCUT2D eigenvalue weighted by Gasteiger charge is 2.71. The van der Waals surface area contributed by atoms with Gasteiger partial charge in [-0.1, -0.05) is 182 Å². The Kier molecular flexibility index (Phi) is 21.6. The van der Waals surface area contributed by atoms with Crippen molar-refractivity contribution in [2.75, 3.05) is 37.9 Å². The van der Waals surface area contributed by atoms with E-state index in [4.69, 9.17) is 43.4 Å². The van der Waals surface area contributed by atoms with E-state index < -0.39 is 63.0 Å². The van der Waals surface area contributed by atoms with Gasteiger partial charge in [-0.25, -0.2) is 9.97 Å². The number of hydrogen-bond acceptors (Lipinski definition) is 18. The monoisotopic (exact) mass is 1370 g/mol. The van der Waals surface area contributed by atoms with Crippen molar-refractivity contribution in [2.24, 2.45) is 11.8 Å². The molecule has 0 radical (unpaired) electrons. The number of nitrogens with one attached hydrogen (secondary N) is 1. The molecule has 1 saturated heterocycles. The lowest BCUT2D eigenvalue weighted by Gasteiger charge is -2.42. The van der Waals surface area contributed by atoms with E-state index in [9.17, 15) is 15.3 Å². The summed E-state index contributed by atoms with van der Waals surface area (Å²) in [6.45, 7) is 20.3. The quantitative estimate of drug-likeness (QED) is 0.0229. The highest BCUT2D eigenvalue weighted by atomic mass is 28.4. The molecule has 8 atom stereocenters. The van der Waals surface area contributed by atoms with Crippen LogP contribution in [0.5, 0.6) is 11.8 Å². The molecule has 20 nitrogen and oxygen atoms in total. The van der Waals surface area contributed by atoms with Crippen LogP contribution in [0.25, 0.3) is 22.3 Å². The molecule has 0 spiro atoms. The molecule has 3 fully saturated rings. The fourth-order valence-corrected chi connectivity index (χ4v) is 33.2. The van der Waals surface area contributed by atoms with E-state index >= 15 is 0 Å². The largest absolute Gasteiger partial charge is 0.471 e. The first-order chi connectivity index (χ1) is 46.1. The molecule has 96 heavy (non-hydrogen) atoms. The van der Waals surface area contributed by atoms with Crippen molar-refractivity contribution in [1.82, 2.24) is 39.5 Å². The molecular formula is C72H90N10O10Si4. The number of nitrogens with zero attached hydrogens (tertiary/aromatic N) is 7. The van der Waals surface area contributed by atoms with Crippen LogP contribution in [0, 0.1) is 11.8 Å². The summed E-state index contributed by atoms with van der Waals surface area (Å²) in [4.78, 5) is 28.6. The van der Waals surface area contributed by atoms with E-state index in [0.29, 0.717) is 66.6 Å². The summed E-state index contributed by atoms with van der Waals surface area (Å²) in [5.74, 6) is 0.614. The average molecular weight is 1370 g/mol. The lowest BCUT2D eigenvalue weighted by molar-refractivity contribution is -0.0939. The van der Waals surface area contributed by atoms with E-state index in [1.54, 1.807) is 6.33 Å². The number of aromatic nitrogens is 8. The summed E-state index contributed by atoms with van der Waals surface area (Å²) in [5.41, 5.74) is 16.4. The highest BCUT2D eigenvalue weighted by molar-refractivity contribution is 6.93. The predicted octanol–water partition coefficient (Wildman–Crippen LogP) is 10.8. The molecule has 1 aliphatic heterocycles. The summed E-state index contributed by atoms with van der Waals surface area (Å²) >= 11 is 0. The summed E-state index contributed by atoms with van der Waals surface area (Å²) in [6.07, 6.45) is 4.83. The number of nitrogen functional groups attached to an aromatic ring is 2. The minimum atomic E-state index is -2.58. The topological polar surface area (TPSA) is 279 Å². The van der Waals surface area contributed by atoms with Crippen molar-refractivity contribution in [3.63, 3.8) is 0 Å². The maximum absolute atomic E-state index is 12.6. The number of rotatable bonds is 25. The van der Waals surface area contributed by atoms with Crippen LogP contribution in [0.15, 0.2) is 195 Å². The fourth-order valence-electron chi connectivity index (χ4n) is 14.3. The van der Waals surface area contributed by atoms with Gasteiger partial charge in [-0.15, -0.1) is 0 Å². The second kappa shape index (κ2) is 29.9. The van der Waals surface area contributed by atoms with Crippen LogP contribution in [0.1, 0.15) is 41.1 Å². The standard InChI is InChI=1S/C36H45N5O5Si2.C24H34O4Si2.C12H11N5O/c1-47(2,28-18-12-7-13-19-28)46-48(3,4)30-20-31(36(43,24-42)29(30)23-44-21-26-14-8-5-9-15-26)41-25-38-32-33(41)39-35(37)40-34(32)45-22-27-16-10-6-11-17-27;1-29(2,20-13-9-6-10-14-20)28-30(3,4)22-15-23-24(18-25,27-23)21(22)17-26-16-19-11-7-5-8-12-19;13-12-16-10-9(14-7-15-10)11(17-12)18-6-8-4-2-1-3-5-8/h5-19,25,29-31,42-43H,20-24H2,1-4H3,(H2,37,39,40);5-14,21-23,25H,15-18H2,1-4H3;1-5,7H,6H2,(H3,13,14,15,16,17)/t29-,30+,31+,36+;21-,22+,23-,24+;/m11./s1. The van der Waals surface area contributed by atoms with E-state index in [2.05, 4.69) is 142 Å². The Morgan fingerprint density at radius 2 is 0.969 bits per heavy atom. The molecule has 5 heterocycles. The fraction of sp³-hybridized carbons (Fsp3) is 0.361. The number of ether oxygens (including phenoxy) is 5. The van der Waals surface area contributed by atoms with Crippen molar-refractivity contribution < 1.29 is 47.2 Å². The molecule has 8 N–H and O–H groups in total. The van der Waals surface area contributed by atoms with Gasteiger partial charge >= 0.3 is 0 Å². The van der Waals surface area contributed by atoms with Crippen LogP contribution in [0.3, 0.4) is 0 Å². The Morgan fingerprint density at radius 3 is 1.46 bits per heavy atom. The zero-order valence-electron chi connectivity index (χ0n) is 56.0. The van der Waals surface area contributed by atoms with Gasteiger partial charge in [-0.2, -0.15) is 19.9 Å². The first-order valence-corrected chi connectivity index (χ1v) is 44.6. The number of nitrogens with two attached hydrogens (primary N) is 2. The summed E-state index contributed by atoms with van der Waals surface area (Å²) in [7, 11) is -9.00. The third-order valence-electron chi connectivity index (χ3n) is 19.1. The zero-order valence-corrected chi connectivity index (χ0v) is 60.0. The molecule has 2 saturated carbocycles. The number of aliphatic hydroxyl groups is 3. The third-order valence-corrected chi connectivity index (χ3v) is 35.7. The van der Waals surface area contributed by atoms with Crippen molar-refractivity contribution in [3.05, 3.63) is 217 Å². The SMILES string of the molecule is C[Si](C)(O[Si](C)(C)[C@H]1C[C@H](n2cnc3c(OCc4ccccc4)nc(N)nc32)[C@](O)(CO)[C@@H]1COCc1ccccc1)c1ccccc1.C[Si](C)(O[Si](C)(C)[C@H]1C[C@H]2O[C@@]2(CO)[C@@H]1COCc1ccccc1)c1ccccc1.Nc1nc(OCc2ccccc2)c2[nH]cnc2n1. The normalized spacial score (nSPS) is 21.6. The second-order valence-electron chi connectivity index (χ2n) is 27.2. The Hall–Kier alpha value is -7.83. The van der Waals surface area contributed by atoms with Gasteiger partial charge in [0.1, 0.15) is 29.9 Å². The lowest BCUT2D eigenvalue weighted by Crippen LogP contribution is -2.56. The van der Waals surface area contributed by atoms with Crippen molar-refractivity contribution in [2.45, 2.75) is 126 Å². The number of aliphatic hydroxyl groups excluding tert-OH is 2. The van der Waals surface area contributed by atoms with Gasteiger partial charge in [-0.05, 0) is 109 Å². The molecule has 6 aromatic carbocycles. The van der Waals surface area contributed by atoms with Crippen molar-refractivity contribution >= 4 is 77.9 Å². The van der Waals surface area contributed by atoms with Gasteiger partial charge < -0.3 is 68.3 Å². The summed E-state index contributed by atoms with van der Waals surface area (Å²) in [5, 5.41) is 36.3. The molecule has 24 heteroatoms. The van der Waals surface area contributed by atoms with E-state index in [1.807, 2.05) is 132 Å². The first kappa shape index (κ1) is 69.5. The second-order valence-corrected chi connectivity index (χ2v) is 43.9. The number of anilines is 2. The molecule has 0 unspecified atom stereocenters. The average Bonchev–Trinajstić information content (AvgIpc) is 1.54. The van der Waals surface area contributed by atoms with Gasteiger partial charge in [0.2, 0.25) is 40.3 Å². The minimum Gasteiger partial charge on any atom is -0.471 e. The molecular weight excluding hydrogens is 1280 g/mol. The van der Waals surface area contributed by atoms with Gasteiger partial charge in [0.25, 0.3) is 0 Å². The maximum atomic E-state index is 12.6. The smallest absolute Gasteiger partial charge is 0.247 e. The van der Waals surface area contributed by atoms with Crippen LogP contribution in [0.4, 0.5) is 11.9 Å². The van der Waals surface area contributed by atoms with E-state index in [1.165, 1.54) is 22.3 Å². The van der Waals surface area contributed by atoms with E-state index in [-0.39, 0.29) is 55.2 Å². The summed E-state index contributed by atoms with van der Waals surface area (Å²) in [6, 6.07) is 60.3. The molecule has 2 aliphatic carbocycles. The number of epoxide rings is 1. The van der Waals surface area contributed by atoms with Gasteiger partial charge in [0.05, 0.1) is 64.4 Å². The number of benzene rings is 6. The summed E-state index contributed by atoms with van der Waals surface area (Å²) < 4.78 is 46.3. The number of aromatic amines is 1. The molecule has 3 aliphatic rings. The molecule has 10 aromatic rings. The third kappa shape index (κ3) is 15.9. The van der Waals surface area contributed by atoms with Crippen LogP contribution in [-0.4, -0.2) is 132 Å². The van der Waals surface area contributed by atoms with Crippen LogP contribution in [-0.2, 0) is 48.9 Å². The Labute approximate surface area is 565 Å². The van der Waals surface area contributed by atoms with Crippen molar-refractivity contribution in [3.8, 4) is 11.8 Å². The van der Waals surface area contributed by atoms with Gasteiger partial charge in [-0.3, -0.25) is 0 Å². The number of fused-ring (bicyclic) bond motifs is 3. The molecule has 0 amide bonds. The van der Waals surface area contributed by atoms with Crippen LogP contribution < -0.4 is 31.3 Å².